The van der Waals surface area contributed by atoms with E-state index in [4.69, 9.17) is 0 Å². The van der Waals surface area contributed by atoms with E-state index in [0.29, 0.717) is 6.04 Å². The number of benzene rings is 1. The van der Waals surface area contributed by atoms with Gasteiger partial charge in [-0.25, -0.2) is 9.67 Å². The number of likely N-dealkylation sites (tertiary alicyclic amines) is 1. The predicted octanol–water partition coefficient (Wildman–Crippen LogP) is 2.87. The van der Waals surface area contributed by atoms with Gasteiger partial charge in [0.25, 0.3) is 0 Å². The quantitative estimate of drug-likeness (QED) is 0.856. The molecule has 1 aromatic carbocycles. The van der Waals surface area contributed by atoms with Crippen LogP contribution in [0.4, 0.5) is 0 Å². The Morgan fingerprint density at radius 1 is 1.10 bits per heavy atom. The SMILES string of the molecule is C[C@H](c1ncnn1Cc1ccccc1)N1CCCCC1. The van der Waals surface area contributed by atoms with Gasteiger partial charge in [-0.15, -0.1) is 0 Å². The summed E-state index contributed by atoms with van der Waals surface area (Å²) in [4.78, 5) is 7.02. The first-order chi connectivity index (χ1) is 9.84. The van der Waals surface area contributed by atoms with Crippen LogP contribution in [0.1, 0.15) is 43.6 Å². The van der Waals surface area contributed by atoms with Crippen molar-refractivity contribution in [3.63, 3.8) is 0 Å². The zero-order valence-corrected chi connectivity index (χ0v) is 12.1. The Labute approximate surface area is 120 Å². The monoisotopic (exact) mass is 270 g/mol. The van der Waals surface area contributed by atoms with Gasteiger partial charge in [0.2, 0.25) is 0 Å². The van der Waals surface area contributed by atoms with Gasteiger partial charge in [0.05, 0.1) is 12.6 Å². The Morgan fingerprint density at radius 3 is 2.60 bits per heavy atom. The molecule has 0 saturated carbocycles. The first-order valence-corrected chi connectivity index (χ1v) is 7.50. The molecule has 0 aliphatic carbocycles. The van der Waals surface area contributed by atoms with E-state index in [0.717, 1.165) is 12.4 Å². The number of aromatic nitrogens is 3. The van der Waals surface area contributed by atoms with Crippen molar-refractivity contribution < 1.29 is 0 Å². The van der Waals surface area contributed by atoms with Crippen LogP contribution < -0.4 is 0 Å². The van der Waals surface area contributed by atoms with E-state index in [1.807, 2.05) is 10.7 Å². The maximum Gasteiger partial charge on any atom is 0.144 e. The van der Waals surface area contributed by atoms with Gasteiger partial charge in [-0.3, -0.25) is 4.90 Å². The molecule has 20 heavy (non-hydrogen) atoms. The summed E-state index contributed by atoms with van der Waals surface area (Å²) in [6, 6.07) is 10.8. The van der Waals surface area contributed by atoms with Gasteiger partial charge in [-0.05, 0) is 38.4 Å². The fourth-order valence-corrected chi connectivity index (χ4v) is 2.94. The molecule has 2 aromatic rings. The van der Waals surface area contributed by atoms with Crippen LogP contribution in [0.25, 0.3) is 0 Å². The largest absolute Gasteiger partial charge is 0.294 e. The number of hydrogen-bond acceptors (Lipinski definition) is 3. The molecule has 1 saturated heterocycles. The van der Waals surface area contributed by atoms with Gasteiger partial charge >= 0.3 is 0 Å². The molecule has 0 N–H and O–H groups in total. The standard InChI is InChI=1S/C16H22N4/c1-14(19-10-6-3-7-11-19)16-17-13-18-20(16)12-15-8-4-2-5-9-15/h2,4-5,8-9,13-14H,3,6-7,10-12H2,1H3/t14-/m1/s1. The summed E-state index contributed by atoms with van der Waals surface area (Å²) in [6.07, 6.45) is 5.65. The lowest BCUT2D eigenvalue weighted by Crippen LogP contribution is -2.33. The molecule has 0 radical (unpaired) electrons. The summed E-state index contributed by atoms with van der Waals surface area (Å²) >= 11 is 0. The van der Waals surface area contributed by atoms with Crippen molar-refractivity contribution in [1.29, 1.82) is 0 Å². The maximum absolute atomic E-state index is 4.50. The van der Waals surface area contributed by atoms with Crippen LogP contribution in [0.2, 0.25) is 0 Å². The third-order valence-corrected chi connectivity index (χ3v) is 4.13. The normalized spacial score (nSPS) is 18.1. The summed E-state index contributed by atoms with van der Waals surface area (Å²) in [5, 5.41) is 4.41. The lowest BCUT2D eigenvalue weighted by atomic mass is 10.1. The van der Waals surface area contributed by atoms with Crippen LogP contribution >= 0.6 is 0 Å². The zero-order chi connectivity index (χ0) is 13.8. The highest BCUT2D eigenvalue weighted by Gasteiger charge is 2.22. The molecule has 0 bridgehead atoms. The minimum absolute atomic E-state index is 0.349. The second-order valence-corrected chi connectivity index (χ2v) is 5.53. The topological polar surface area (TPSA) is 34.0 Å². The van der Waals surface area contributed by atoms with Crippen LogP contribution in [0, 0.1) is 0 Å². The highest BCUT2D eigenvalue weighted by atomic mass is 15.4. The molecule has 3 rings (SSSR count). The van der Waals surface area contributed by atoms with E-state index in [9.17, 15) is 0 Å². The fourth-order valence-electron chi connectivity index (χ4n) is 2.94. The van der Waals surface area contributed by atoms with E-state index in [1.165, 1.54) is 37.9 Å². The van der Waals surface area contributed by atoms with Gasteiger partial charge in [-0.2, -0.15) is 5.10 Å². The average Bonchev–Trinajstić information content (AvgIpc) is 2.96. The van der Waals surface area contributed by atoms with Crippen molar-refractivity contribution in [2.75, 3.05) is 13.1 Å². The summed E-state index contributed by atoms with van der Waals surface area (Å²) < 4.78 is 2.04. The Kier molecular flexibility index (Phi) is 4.11. The Bertz CT molecular complexity index is 528. The molecular formula is C16H22N4. The number of hydrogen-bond donors (Lipinski definition) is 0. The van der Waals surface area contributed by atoms with Crippen molar-refractivity contribution in [2.45, 2.75) is 38.8 Å². The molecule has 0 spiro atoms. The van der Waals surface area contributed by atoms with Gasteiger partial charge < -0.3 is 0 Å². The first kappa shape index (κ1) is 13.3. The second-order valence-electron chi connectivity index (χ2n) is 5.53. The molecule has 4 nitrogen and oxygen atoms in total. The van der Waals surface area contributed by atoms with Gasteiger partial charge in [0.1, 0.15) is 12.2 Å². The van der Waals surface area contributed by atoms with E-state index in [2.05, 4.69) is 46.2 Å². The van der Waals surface area contributed by atoms with Gasteiger partial charge in [0.15, 0.2) is 0 Å². The summed E-state index contributed by atoms with van der Waals surface area (Å²) in [7, 11) is 0. The summed E-state index contributed by atoms with van der Waals surface area (Å²) in [5.41, 5.74) is 1.27. The van der Waals surface area contributed by atoms with E-state index >= 15 is 0 Å². The number of rotatable bonds is 4. The van der Waals surface area contributed by atoms with E-state index < -0.39 is 0 Å². The minimum atomic E-state index is 0.349. The molecule has 4 heteroatoms. The van der Waals surface area contributed by atoms with Crippen molar-refractivity contribution in [2.24, 2.45) is 0 Å². The van der Waals surface area contributed by atoms with Crippen LogP contribution in [0.3, 0.4) is 0 Å². The Balaban J connectivity index is 1.75. The number of nitrogens with zero attached hydrogens (tertiary/aromatic N) is 4. The molecule has 0 unspecified atom stereocenters. The van der Waals surface area contributed by atoms with Crippen molar-refractivity contribution in [3.8, 4) is 0 Å². The van der Waals surface area contributed by atoms with E-state index in [1.54, 1.807) is 6.33 Å². The smallest absolute Gasteiger partial charge is 0.144 e. The highest BCUT2D eigenvalue weighted by molar-refractivity contribution is 5.15. The molecule has 1 atom stereocenters. The van der Waals surface area contributed by atoms with Gasteiger partial charge in [0, 0.05) is 0 Å². The third-order valence-electron chi connectivity index (χ3n) is 4.13. The van der Waals surface area contributed by atoms with Gasteiger partial charge in [-0.1, -0.05) is 36.8 Å². The van der Waals surface area contributed by atoms with Crippen molar-refractivity contribution in [1.82, 2.24) is 19.7 Å². The van der Waals surface area contributed by atoms with Crippen LogP contribution in [-0.2, 0) is 6.54 Å². The minimum Gasteiger partial charge on any atom is -0.294 e. The Hall–Kier alpha value is -1.68. The van der Waals surface area contributed by atoms with Crippen LogP contribution in [0.5, 0.6) is 0 Å². The fraction of sp³-hybridized carbons (Fsp3) is 0.500. The van der Waals surface area contributed by atoms with Crippen molar-refractivity contribution in [3.05, 3.63) is 48.0 Å². The average molecular weight is 270 g/mol. The lowest BCUT2D eigenvalue weighted by molar-refractivity contribution is 0.165. The highest BCUT2D eigenvalue weighted by Crippen LogP contribution is 2.22. The molecule has 1 aromatic heterocycles. The molecule has 1 fully saturated rings. The molecule has 1 aliphatic heterocycles. The third kappa shape index (κ3) is 2.90. The second kappa shape index (κ2) is 6.18. The Morgan fingerprint density at radius 2 is 1.85 bits per heavy atom. The summed E-state index contributed by atoms with van der Waals surface area (Å²) in [5.74, 6) is 1.08. The molecule has 106 valence electrons. The molecule has 0 amide bonds. The van der Waals surface area contributed by atoms with Crippen LogP contribution in [0.15, 0.2) is 36.7 Å². The molecular weight excluding hydrogens is 248 g/mol. The lowest BCUT2D eigenvalue weighted by Gasteiger charge is -2.31. The maximum atomic E-state index is 4.50. The predicted molar refractivity (Wildman–Crippen MR) is 79.4 cm³/mol. The van der Waals surface area contributed by atoms with Crippen LogP contribution in [-0.4, -0.2) is 32.8 Å². The zero-order valence-electron chi connectivity index (χ0n) is 12.1. The summed E-state index contributed by atoms with van der Waals surface area (Å²) in [6.45, 7) is 5.41. The van der Waals surface area contributed by atoms with E-state index in [-0.39, 0.29) is 0 Å². The number of piperidine rings is 1. The molecule has 1 aliphatic rings. The van der Waals surface area contributed by atoms with Crippen molar-refractivity contribution >= 4 is 0 Å². The first-order valence-electron chi connectivity index (χ1n) is 7.50. The molecule has 2 heterocycles.